The number of hydrogen-bond donors (Lipinski definition) is 1. The minimum absolute atomic E-state index is 0.222. The van der Waals surface area contributed by atoms with E-state index >= 15 is 0 Å². The topological polar surface area (TPSA) is 75.9 Å². The number of sulfonamides is 1. The summed E-state index contributed by atoms with van der Waals surface area (Å²) in [6.45, 7) is 5.42. The molecule has 1 aromatic heterocycles. The van der Waals surface area contributed by atoms with Crippen LogP contribution in [0.2, 0.25) is 0 Å². The van der Waals surface area contributed by atoms with Crippen molar-refractivity contribution in [2.75, 3.05) is 39.4 Å². The Morgan fingerprint density at radius 2 is 2.05 bits per heavy atom. The Morgan fingerprint density at radius 3 is 2.76 bits per heavy atom. The van der Waals surface area contributed by atoms with Crippen molar-refractivity contribution in [3.8, 4) is 0 Å². The van der Waals surface area contributed by atoms with E-state index in [4.69, 9.17) is 9.88 Å². The molecular weight excluding hydrogens is 330 g/mol. The first-order chi connectivity index (χ1) is 10.0. The SMILES string of the molecule is NS(=O)(=O)c1cc2c(s1)SN(CCN1CCOCC1)C=C2. The summed E-state index contributed by atoms with van der Waals surface area (Å²) in [6, 6.07) is 1.64. The molecule has 0 amide bonds. The zero-order chi connectivity index (χ0) is 14.9. The fourth-order valence-electron chi connectivity index (χ4n) is 2.18. The van der Waals surface area contributed by atoms with Gasteiger partial charge in [-0.2, -0.15) is 0 Å². The Balaban J connectivity index is 1.60. The first kappa shape index (κ1) is 15.3. The third-order valence-corrected chi connectivity index (χ3v) is 7.12. The summed E-state index contributed by atoms with van der Waals surface area (Å²) in [7, 11) is -3.61. The van der Waals surface area contributed by atoms with Crippen LogP contribution in [-0.2, 0) is 14.8 Å². The number of fused-ring (bicyclic) bond motifs is 1. The lowest BCUT2D eigenvalue weighted by molar-refractivity contribution is 0.0373. The van der Waals surface area contributed by atoms with Gasteiger partial charge in [0, 0.05) is 37.9 Å². The number of ether oxygens (including phenoxy) is 1. The van der Waals surface area contributed by atoms with E-state index in [1.807, 2.05) is 12.3 Å². The first-order valence-corrected chi connectivity index (χ1v) is 9.75. The van der Waals surface area contributed by atoms with Crippen LogP contribution in [0, 0.1) is 0 Å². The molecule has 2 aliphatic rings. The quantitative estimate of drug-likeness (QED) is 0.820. The fourth-order valence-corrected chi connectivity index (χ4v) is 5.40. The van der Waals surface area contributed by atoms with E-state index in [1.54, 1.807) is 18.0 Å². The molecule has 0 unspecified atom stereocenters. The average molecular weight is 347 g/mol. The molecule has 2 N–H and O–H groups in total. The first-order valence-electron chi connectivity index (χ1n) is 6.62. The van der Waals surface area contributed by atoms with Gasteiger partial charge in [-0.3, -0.25) is 4.90 Å². The van der Waals surface area contributed by atoms with Crippen molar-refractivity contribution in [3.63, 3.8) is 0 Å². The number of nitrogens with two attached hydrogens (primary N) is 1. The Kier molecular flexibility index (Phi) is 4.57. The summed E-state index contributed by atoms with van der Waals surface area (Å²) in [5, 5.41) is 5.18. The number of morpholine rings is 1. The average Bonchev–Trinajstić information content (AvgIpc) is 2.89. The molecule has 0 radical (unpaired) electrons. The lowest BCUT2D eigenvalue weighted by atomic mass is 10.3. The van der Waals surface area contributed by atoms with Gasteiger partial charge in [0.15, 0.2) is 0 Å². The van der Waals surface area contributed by atoms with Gasteiger partial charge in [0.1, 0.15) is 4.21 Å². The molecule has 2 aliphatic heterocycles. The summed E-state index contributed by atoms with van der Waals surface area (Å²) in [5.41, 5.74) is 0.927. The summed E-state index contributed by atoms with van der Waals surface area (Å²) in [5.74, 6) is 0. The molecule has 0 saturated carbocycles. The van der Waals surface area contributed by atoms with Crippen molar-refractivity contribution >= 4 is 39.4 Å². The lowest BCUT2D eigenvalue weighted by Gasteiger charge is -2.29. The van der Waals surface area contributed by atoms with E-state index in [0.717, 1.165) is 49.2 Å². The molecule has 1 fully saturated rings. The number of hydrogen-bond acceptors (Lipinski definition) is 7. The van der Waals surface area contributed by atoms with Crippen LogP contribution < -0.4 is 5.14 Å². The van der Waals surface area contributed by atoms with Crippen LogP contribution in [0.15, 0.2) is 20.7 Å². The highest BCUT2D eigenvalue weighted by Gasteiger charge is 2.20. The molecule has 0 aliphatic carbocycles. The van der Waals surface area contributed by atoms with Crippen molar-refractivity contribution in [1.29, 1.82) is 0 Å². The van der Waals surface area contributed by atoms with Gasteiger partial charge in [0.05, 0.1) is 17.4 Å². The highest BCUT2D eigenvalue weighted by Crippen LogP contribution is 2.39. The summed E-state index contributed by atoms with van der Waals surface area (Å²) >= 11 is 2.80. The van der Waals surface area contributed by atoms with Crippen LogP contribution in [0.5, 0.6) is 0 Å². The predicted octanol–water partition coefficient (Wildman–Crippen LogP) is 1.02. The molecule has 0 bridgehead atoms. The van der Waals surface area contributed by atoms with Crippen molar-refractivity contribution in [3.05, 3.63) is 17.8 Å². The normalized spacial score (nSPS) is 19.8. The standard InChI is InChI=1S/C12H17N3O3S3/c13-21(16,17)11-9-10-1-2-15(20-12(10)19-11)4-3-14-5-7-18-8-6-14/h1-2,9H,3-8H2,(H2,13,16,17). The van der Waals surface area contributed by atoms with E-state index < -0.39 is 10.0 Å². The van der Waals surface area contributed by atoms with Crippen molar-refractivity contribution in [1.82, 2.24) is 9.21 Å². The summed E-state index contributed by atoms with van der Waals surface area (Å²) in [6.07, 6.45) is 3.93. The molecule has 3 rings (SSSR count). The summed E-state index contributed by atoms with van der Waals surface area (Å²) < 4.78 is 31.4. The second kappa shape index (κ2) is 6.27. The van der Waals surface area contributed by atoms with Crippen molar-refractivity contribution in [2.45, 2.75) is 8.42 Å². The second-order valence-corrected chi connectivity index (χ2v) is 9.01. The Labute approximate surface area is 132 Å². The van der Waals surface area contributed by atoms with Gasteiger partial charge in [-0.15, -0.1) is 11.3 Å². The van der Waals surface area contributed by atoms with E-state index in [0.29, 0.717) is 0 Å². The van der Waals surface area contributed by atoms with Crippen LogP contribution in [0.3, 0.4) is 0 Å². The van der Waals surface area contributed by atoms with Crippen LogP contribution in [-0.4, -0.2) is 57.0 Å². The lowest BCUT2D eigenvalue weighted by Crippen LogP contribution is -2.39. The largest absolute Gasteiger partial charge is 0.379 e. The molecule has 0 atom stereocenters. The Hall–Kier alpha value is -0.580. The minimum Gasteiger partial charge on any atom is -0.379 e. The highest BCUT2D eigenvalue weighted by molar-refractivity contribution is 7.99. The number of thiophene rings is 1. The molecule has 0 aromatic carbocycles. The number of nitrogens with zero attached hydrogens (tertiary/aromatic N) is 2. The van der Waals surface area contributed by atoms with Crippen LogP contribution in [0.25, 0.3) is 6.08 Å². The molecule has 0 spiro atoms. The summed E-state index contributed by atoms with van der Waals surface area (Å²) in [4.78, 5) is 2.37. The van der Waals surface area contributed by atoms with Gasteiger partial charge in [-0.25, -0.2) is 13.6 Å². The third kappa shape index (κ3) is 3.79. The highest BCUT2D eigenvalue weighted by atomic mass is 32.3. The van der Waals surface area contributed by atoms with Crippen LogP contribution in [0.1, 0.15) is 5.56 Å². The van der Waals surface area contributed by atoms with E-state index in [2.05, 4.69) is 9.21 Å². The minimum atomic E-state index is -3.61. The molecule has 116 valence electrons. The number of rotatable bonds is 4. The monoisotopic (exact) mass is 347 g/mol. The van der Waals surface area contributed by atoms with Gasteiger partial charge in [-0.1, -0.05) is 0 Å². The van der Waals surface area contributed by atoms with Gasteiger partial charge < -0.3 is 9.04 Å². The molecule has 9 heteroatoms. The second-order valence-electron chi connectivity index (χ2n) is 4.85. The van der Waals surface area contributed by atoms with Gasteiger partial charge in [-0.05, 0) is 24.1 Å². The molecule has 1 aromatic rings. The zero-order valence-corrected chi connectivity index (χ0v) is 13.8. The Bertz CT molecular complexity index is 635. The van der Waals surface area contributed by atoms with Gasteiger partial charge >= 0.3 is 0 Å². The van der Waals surface area contributed by atoms with E-state index in [1.165, 1.54) is 11.3 Å². The van der Waals surface area contributed by atoms with Crippen molar-refractivity contribution < 1.29 is 13.2 Å². The van der Waals surface area contributed by atoms with Gasteiger partial charge in [0.2, 0.25) is 10.0 Å². The Morgan fingerprint density at radius 1 is 1.29 bits per heavy atom. The maximum Gasteiger partial charge on any atom is 0.247 e. The fraction of sp³-hybridized carbons (Fsp3) is 0.500. The van der Waals surface area contributed by atoms with E-state index in [-0.39, 0.29) is 4.21 Å². The smallest absolute Gasteiger partial charge is 0.247 e. The third-order valence-electron chi connectivity index (χ3n) is 3.34. The molecule has 3 heterocycles. The van der Waals surface area contributed by atoms with E-state index in [9.17, 15) is 8.42 Å². The van der Waals surface area contributed by atoms with Gasteiger partial charge in [0.25, 0.3) is 0 Å². The molecular formula is C12H17N3O3S3. The number of primary sulfonamides is 1. The maximum atomic E-state index is 11.4. The maximum absolute atomic E-state index is 11.4. The predicted molar refractivity (Wildman–Crippen MR) is 84.5 cm³/mol. The van der Waals surface area contributed by atoms with Crippen LogP contribution >= 0.6 is 23.3 Å². The molecule has 1 saturated heterocycles. The molecule has 6 nitrogen and oxygen atoms in total. The van der Waals surface area contributed by atoms with Crippen LogP contribution in [0.4, 0.5) is 0 Å². The van der Waals surface area contributed by atoms with Crippen molar-refractivity contribution in [2.24, 2.45) is 5.14 Å². The molecule has 21 heavy (non-hydrogen) atoms. The zero-order valence-electron chi connectivity index (χ0n) is 11.4.